The van der Waals surface area contributed by atoms with Crippen molar-refractivity contribution in [3.05, 3.63) is 84.9 Å². The van der Waals surface area contributed by atoms with Crippen LogP contribution in [-0.2, 0) is 4.79 Å². The van der Waals surface area contributed by atoms with Gasteiger partial charge >= 0.3 is 0 Å². The molecule has 4 nitrogen and oxygen atoms in total. The number of thiocarbonyl (C=S) groups is 1. The molecule has 0 saturated carbocycles. The lowest BCUT2D eigenvalue weighted by Gasteiger charge is -2.11. The molecule has 3 aromatic carbocycles. The van der Waals surface area contributed by atoms with Crippen molar-refractivity contribution in [1.29, 1.82) is 0 Å². The molecule has 0 bridgehead atoms. The molecule has 3 aromatic rings. The van der Waals surface area contributed by atoms with Crippen molar-refractivity contribution in [3.8, 4) is 0 Å². The lowest BCUT2D eigenvalue weighted by molar-refractivity contribution is -0.113. The third-order valence-corrected chi connectivity index (χ3v) is 4.75. The summed E-state index contributed by atoms with van der Waals surface area (Å²) in [5.41, 5.74) is 2.60. The van der Waals surface area contributed by atoms with Crippen molar-refractivity contribution < 1.29 is 4.79 Å². The summed E-state index contributed by atoms with van der Waals surface area (Å²) in [7, 11) is 0. The van der Waals surface area contributed by atoms with E-state index in [0.717, 1.165) is 22.0 Å². The second-order valence-corrected chi connectivity index (χ2v) is 7.13. The molecule has 27 heavy (non-hydrogen) atoms. The molecule has 3 N–H and O–H groups in total. The van der Waals surface area contributed by atoms with Gasteiger partial charge in [-0.1, -0.05) is 42.5 Å². The van der Waals surface area contributed by atoms with Gasteiger partial charge in [-0.25, -0.2) is 0 Å². The van der Waals surface area contributed by atoms with Crippen LogP contribution in [0.5, 0.6) is 0 Å². The Balaban J connectivity index is 1.51. The molecule has 3 rings (SSSR count). The Hall–Kier alpha value is -2.83. The van der Waals surface area contributed by atoms with Gasteiger partial charge in [-0.3, -0.25) is 4.79 Å². The van der Waals surface area contributed by atoms with Gasteiger partial charge in [0.15, 0.2) is 5.11 Å². The van der Waals surface area contributed by atoms with Gasteiger partial charge in [0.1, 0.15) is 0 Å². The van der Waals surface area contributed by atoms with Gasteiger partial charge in [0.25, 0.3) is 0 Å². The standard InChI is InChI=1S/C21H19N3OS2/c25-20(22-16-8-3-1-4-9-16)15-27-19-13-7-12-18(14-19)24-21(26)23-17-10-5-2-6-11-17/h1-14H,15H2,(H,22,25)(H2,23,24,26). The van der Waals surface area contributed by atoms with E-state index in [4.69, 9.17) is 12.2 Å². The van der Waals surface area contributed by atoms with E-state index in [0.29, 0.717) is 10.9 Å². The normalized spacial score (nSPS) is 10.1. The highest BCUT2D eigenvalue weighted by Gasteiger charge is 2.05. The molecule has 0 aliphatic carbocycles. The van der Waals surface area contributed by atoms with Gasteiger partial charge in [0, 0.05) is 22.0 Å². The number of carbonyl (C=O) groups is 1. The van der Waals surface area contributed by atoms with Gasteiger partial charge in [-0.15, -0.1) is 11.8 Å². The summed E-state index contributed by atoms with van der Waals surface area (Å²) in [6, 6.07) is 27.0. The summed E-state index contributed by atoms with van der Waals surface area (Å²) in [5.74, 6) is 0.302. The zero-order valence-corrected chi connectivity index (χ0v) is 16.1. The Kier molecular flexibility index (Phi) is 6.84. The van der Waals surface area contributed by atoms with E-state index in [1.165, 1.54) is 11.8 Å². The number of anilines is 3. The summed E-state index contributed by atoms with van der Waals surface area (Å²) in [5, 5.41) is 9.70. The number of nitrogens with one attached hydrogen (secondary N) is 3. The summed E-state index contributed by atoms with van der Waals surface area (Å²) in [4.78, 5) is 13.1. The molecule has 0 unspecified atom stereocenters. The van der Waals surface area contributed by atoms with Gasteiger partial charge < -0.3 is 16.0 Å². The van der Waals surface area contributed by atoms with Gasteiger partial charge in [-0.05, 0) is 54.7 Å². The van der Waals surface area contributed by atoms with Crippen LogP contribution >= 0.6 is 24.0 Å². The molecule has 6 heteroatoms. The van der Waals surface area contributed by atoms with Crippen molar-refractivity contribution in [2.24, 2.45) is 0 Å². The first kappa shape index (κ1) is 18.9. The highest BCUT2D eigenvalue weighted by molar-refractivity contribution is 8.00. The predicted octanol–water partition coefficient (Wildman–Crippen LogP) is 5.23. The Morgan fingerprint density at radius 3 is 1.96 bits per heavy atom. The number of benzene rings is 3. The van der Waals surface area contributed by atoms with Crippen molar-refractivity contribution in [3.63, 3.8) is 0 Å². The first-order valence-electron chi connectivity index (χ1n) is 8.40. The van der Waals surface area contributed by atoms with Crippen molar-refractivity contribution in [1.82, 2.24) is 0 Å². The molecule has 0 fully saturated rings. The number of carbonyl (C=O) groups excluding carboxylic acids is 1. The van der Waals surface area contributed by atoms with Gasteiger partial charge in [0.2, 0.25) is 5.91 Å². The second-order valence-electron chi connectivity index (χ2n) is 5.68. The van der Waals surface area contributed by atoms with E-state index >= 15 is 0 Å². The molecule has 0 saturated heterocycles. The molecule has 0 atom stereocenters. The minimum atomic E-state index is -0.0363. The summed E-state index contributed by atoms with van der Waals surface area (Å²) in [6.07, 6.45) is 0. The van der Waals surface area contributed by atoms with E-state index in [1.54, 1.807) is 0 Å². The Morgan fingerprint density at radius 2 is 1.30 bits per heavy atom. The molecule has 136 valence electrons. The highest BCUT2D eigenvalue weighted by atomic mass is 32.2. The van der Waals surface area contributed by atoms with E-state index in [1.807, 2.05) is 84.9 Å². The van der Waals surface area contributed by atoms with Crippen LogP contribution in [0.3, 0.4) is 0 Å². The van der Waals surface area contributed by atoms with Crippen molar-refractivity contribution in [2.45, 2.75) is 4.90 Å². The minimum absolute atomic E-state index is 0.0363. The number of hydrogen-bond donors (Lipinski definition) is 3. The van der Waals surface area contributed by atoms with Crippen LogP contribution in [-0.4, -0.2) is 16.8 Å². The Bertz CT molecular complexity index is 902. The fourth-order valence-corrected chi connectivity index (χ4v) is 3.34. The average molecular weight is 394 g/mol. The lowest BCUT2D eigenvalue weighted by Crippen LogP contribution is -2.19. The SMILES string of the molecule is O=C(CSc1cccc(NC(=S)Nc2ccccc2)c1)Nc1ccccc1. The second kappa shape index (κ2) is 9.75. The van der Waals surface area contributed by atoms with Crippen LogP contribution in [0, 0.1) is 0 Å². The fraction of sp³-hybridized carbons (Fsp3) is 0.0476. The number of hydrogen-bond acceptors (Lipinski definition) is 3. The summed E-state index contributed by atoms with van der Waals surface area (Å²) in [6.45, 7) is 0. The zero-order chi connectivity index (χ0) is 18.9. The minimum Gasteiger partial charge on any atom is -0.332 e. The van der Waals surface area contributed by atoms with E-state index in [2.05, 4.69) is 16.0 Å². The third kappa shape index (κ3) is 6.44. The maximum atomic E-state index is 12.1. The maximum absolute atomic E-state index is 12.1. The van der Waals surface area contributed by atoms with Crippen LogP contribution < -0.4 is 16.0 Å². The first-order chi connectivity index (χ1) is 13.2. The summed E-state index contributed by atoms with van der Waals surface area (Å²) >= 11 is 6.82. The molecule has 0 aliphatic rings. The van der Waals surface area contributed by atoms with Crippen LogP contribution in [0.2, 0.25) is 0 Å². The molecule has 0 aliphatic heterocycles. The number of amides is 1. The van der Waals surface area contributed by atoms with Crippen molar-refractivity contribution in [2.75, 3.05) is 21.7 Å². The van der Waals surface area contributed by atoms with Crippen LogP contribution in [0.4, 0.5) is 17.1 Å². The number of rotatable bonds is 6. The molecule has 0 spiro atoms. The molecular formula is C21H19N3OS2. The number of para-hydroxylation sites is 2. The smallest absolute Gasteiger partial charge is 0.234 e. The fourth-order valence-electron chi connectivity index (χ4n) is 2.35. The van der Waals surface area contributed by atoms with Crippen LogP contribution in [0.15, 0.2) is 89.8 Å². The van der Waals surface area contributed by atoms with E-state index in [-0.39, 0.29) is 5.91 Å². The van der Waals surface area contributed by atoms with Gasteiger partial charge in [-0.2, -0.15) is 0 Å². The van der Waals surface area contributed by atoms with E-state index in [9.17, 15) is 4.79 Å². The quantitative estimate of drug-likeness (QED) is 0.396. The van der Waals surface area contributed by atoms with Crippen LogP contribution in [0.1, 0.15) is 0 Å². The zero-order valence-electron chi connectivity index (χ0n) is 14.5. The largest absolute Gasteiger partial charge is 0.332 e. The number of thioether (sulfide) groups is 1. The summed E-state index contributed by atoms with van der Waals surface area (Å²) < 4.78 is 0. The first-order valence-corrected chi connectivity index (χ1v) is 9.79. The Morgan fingerprint density at radius 1 is 0.741 bits per heavy atom. The average Bonchev–Trinajstić information content (AvgIpc) is 2.68. The highest BCUT2D eigenvalue weighted by Crippen LogP contribution is 2.22. The predicted molar refractivity (Wildman–Crippen MR) is 119 cm³/mol. The van der Waals surface area contributed by atoms with Crippen molar-refractivity contribution >= 4 is 52.1 Å². The topological polar surface area (TPSA) is 53.2 Å². The Labute approximate surface area is 168 Å². The monoisotopic (exact) mass is 393 g/mol. The molecule has 0 heterocycles. The molecule has 0 aromatic heterocycles. The van der Waals surface area contributed by atoms with E-state index < -0.39 is 0 Å². The molecular weight excluding hydrogens is 374 g/mol. The van der Waals surface area contributed by atoms with Crippen LogP contribution in [0.25, 0.3) is 0 Å². The molecule has 1 amide bonds. The third-order valence-electron chi connectivity index (χ3n) is 3.55. The molecule has 0 radical (unpaired) electrons. The van der Waals surface area contributed by atoms with Gasteiger partial charge in [0.05, 0.1) is 5.75 Å². The lowest BCUT2D eigenvalue weighted by atomic mass is 10.3. The maximum Gasteiger partial charge on any atom is 0.234 e.